The third-order valence-corrected chi connectivity index (χ3v) is 3.92. The summed E-state index contributed by atoms with van der Waals surface area (Å²) in [5.41, 5.74) is 5.06. The second-order valence-corrected chi connectivity index (χ2v) is 5.71. The molecule has 0 saturated heterocycles. The lowest BCUT2D eigenvalue weighted by atomic mass is 10.3. The van der Waals surface area contributed by atoms with Gasteiger partial charge in [0.2, 0.25) is 0 Å². The normalized spacial score (nSPS) is 11.3. The van der Waals surface area contributed by atoms with Gasteiger partial charge in [0.1, 0.15) is 22.2 Å². The van der Waals surface area contributed by atoms with Crippen LogP contribution < -0.4 is 10.5 Å². The zero-order valence-corrected chi connectivity index (χ0v) is 11.0. The van der Waals surface area contributed by atoms with Crippen molar-refractivity contribution in [2.24, 2.45) is 0 Å². The Labute approximate surface area is 114 Å². The lowest BCUT2D eigenvalue weighted by Gasteiger charge is -2.10. The fourth-order valence-electron chi connectivity index (χ4n) is 1.34. The quantitative estimate of drug-likeness (QED) is 0.910. The average molecular weight is 302 g/mol. The largest absolute Gasteiger partial charge is 0.384 e. The molecule has 5 nitrogen and oxygen atoms in total. The fourth-order valence-corrected chi connectivity index (χ4v) is 2.64. The molecule has 3 N–H and O–H groups in total. The molecule has 0 bridgehead atoms. The summed E-state index contributed by atoms with van der Waals surface area (Å²) < 4.78 is 39.6. The molecular weight excluding hydrogens is 293 g/mol. The first-order chi connectivity index (χ1) is 8.90. The third kappa shape index (κ3) is 2.94. The lowest BCUT2D eigenvalue weighted by molar-refractivity contribution is 0.598. The number of hydrogen-bond donors (Lipinski definition) is 2. The highest BCUT2D eigenvalue weighted by Crippen LogP contribution is 2.27. The Morgan fingerprint density at radius 2 is 2.00 bits per heavy atom. The maximum Gasteiger partial charge on any atom is 0.263 e. The number of anilines is 2. The first kappa shape index (κ1) is 13.6. The second kappa shape index (κ2) is 5.02. The van der Waals surface area contributed by atoms with Crippen molar-refractivity contribution in [2.45, 2.75) is 4.90 Å². The highest BCUT2D eigenvalue weighted by molar-refractivity contribution is 7.92. The first-order valence-electron chi connectivity index (χ1n) is 5.08. The van der Waals surface area contributed by atoms with Crippen LogP contribution in [0.3, 0.4) is 0 Å². The van der Waals surface area contributed by atoms with Crippen molar-refractivity contribution in [1.29, 1.82) is 0 Å². The summed E-state index contributed by atoms with van der Waals surface area (Å²) in [6, 6.07) is 6.45. The highest BCUT2D eigenvalue weighted by Gasteiger charge is 2.18. The monoisotopic (exact) mass is 301 g/mol. The molecule has 100 valence electrons. The summed E-state index contributed by atoms with van der Waals surface area (Å²) >= 11 is 5.75. The molecule has 0 aliphatic rings. The molecule has 1 heterocycles. The molecule has 19 heavy (non-hydrogen) atoms. The predicted octanol–water partition coefficient (Wildman–Crippen LogP) is 2.26. The molecule has 0 radical (unpaired) electrons. The Bertz CT molecular complexity index is 684. The van der Waals surface area contributed by atoms with Crippen LogP contribution in [0.25, 0.3) is 0 Å². The van der Waals surface area contributed by atoms with Gasteiger partial charge in [-0.1, -0.05) is 17.7 Å². The van der Waals surface area contributed by atoms with E-state index < -0.39 is 15.8 Å². The van der Waals surface area contributed by atoms with Gasteiger partial charge in [0.25, 0.3) is 10.0 Å². The van der Waals surface area contributed by atoms with Crippen LogP contribution >= 0.6 is 11.6 Å². The number of nitrogens with one attached hydrogen (secondary N) is 1. The molecule has 0 unspecified atom stereocenters. The minimum absolute atomic E-state index is 0.0352. The van der Waals surface area contributed by atoms with Crippen molar-refractivity contribution in [3.63, 3.8) is 0 Å². The zero-order valence-electron chi connectivity index (χ0n) is 9.47. The average Bonchev–Trinajstić information content (AvgIpc) is 2.35. The number of benzene rings is 1. The number of pyridine rings is 1. The predicted molar refractivity (Wildman–Crippen MR) is 70.9 cm³/mol. The number of halogens is 2. The van der Waals surface area contributed by atoms with E-state index in [4.69, 9.17) is 17.3 Å². The van der Waals surface area contributed by atoms with Gasteiger partial charge in [-0.05, 0) is 24.3 Å². The van der Waals surface area contributed by atoms with Gasteiger partial charge in [-0.25, -0.2) is 17.8 Å². The number of para-hydroxylation sites is 1. The smallest absolute Gasteiger partial charge is 0.263 e. The molecule has 0 spiro atoms. The van der Waals surface area contributed by atoms with Gasteiger partial charge in [-0.2, -0.15) is 0 Å². The molecule has 0 amide bonds. The SMILES string of the molecule is Nc1ccc(S(=O)(=O)Nc2c(F)cccc2Cl)cn1. The number of nitrogen functional groups attached to an aromatic ring is 1. The molecule has 0 saturated carbocycles. The summed E-state index contributed by atoms with van der Waals surface area (Å²) in [5.74, 6) is -0.581. The maximum atomic E-state index is 13.5. The zero-order chi connectivity index (χ0) is 14.0. The molecule has 0 fully saturated rings. The number of sulfonamides is 1. The number of hydrogen-bond acceptors (Lipinski definition) is 4. The molecule has 0 atom stereocenters. The fraction of sp³-hybridized carbons (Fsp3) is 0. The standard InChI is InChI=1S/C11H9ClFN3O2S/c12-8-2-1-3-9(13)11(8)16-19(17,18)7-4-5-10(14)15-6-7/h1-6,16H,(H2,14,15). The van der Waals surface area contributed by atoms with E-state index in [0.717, 1.165) is 12.3 Å². The third-order valence-electron chi connectivity index (χ3n) is 2.27. The summed E-state index contributed by atoms with van der Waals surface area (Å²) in [7, 11) is -3.97. The van der Waals surface area contributed by atoms with Crippen molar-refractivity contribution >= 4 is 33.1 Å². The van der Waals surface area contributed by atoms with Crippen LogP contribution in [0.2, 0.25) is 5.02 Å². The van der Waals surface area contributed by atoms with Crippen molar-refractivity contribution in [3.05, 3.63) is 47.4 Å². The number of rotatable bonds is 3. The number of nitrogens with two attached hydrogens (primary N) is 1. The van der Waals surface area contributed by atoms with Crippen LogP contribution in [0.5, 0.6) is 0 Å². The van der Waals surface area contributed by atoms with Gasteiger partial charge >= 0.3 is 0 Å². The summed E-state index contributed by atoms with van der Waals surface area (Å²) in [6.07, 6.45) is 1.08. The van der Waals surface area contributed by atoms with Crippen LogP contribution in [0.1, 0.15) is 0 Å². The molecule has 2 aromatic rings. The topological polar surface area (TPSA) is 85.1 Å². The Morgan fingerprint density at radius 3 is 2.58 bits per heavy atom. The lowest BCUT2D eigenvalue weighted by Crippen LogP contribution is -2.14. The van der Waals surface area contributed by atoms with Gasteiger partial charge in [-0.3, -0.25) is 4.72 Å². The van der Waals surface area contributed by atoms with Crippen molar-refractivity contribution in [1.82, 2.24) is 4.98 Å². The Kier molecular flexibility index (Phi) is 3.59. The molecule has 0 aliphatic heterocycles. The molecule has 1 aromatic carbocycles. The van der Waals surface area contributed by atoms with Crippen LogP contribution in [0.4, 0.5) is 15.9 Å². The van der Waals surface area contributed by atoms with Gasteiger partial charge in [0.05, 0.1) is 5.02 Å². The Balaban J connectivity index is 2.39. The molecular formula is C11H9ClFN3O2S. The van der Waals surface area contributed by atoms with Gasteiger partial charge in [0.15, 0.2) is 0 Å². The van der Waals surface area contributed by atoms with Crippen molar-refractivity contribution in [3.8, 4) is 0 Å². The number of aromatic nitrogens is 1. The van der Waals surface area contributed by atoms with E-state index in [1.165, 1.54) is 24.3 Å². The maximum absolute atomic E-state index is 13.5. The van der Waals surface area contributed by atoms with Crippen LogP contribution in [0.15, 0.2) is 41.4 Å². The van der Waals surface area contributed by atoms with Gasteiger partial charge < -0.3 is 5.73 Å². The van der Waals surface area contributed by atoms with Crippen molar-refractivity contribution < 1.29 is 12.8 Å². The first-order valence-corrected chi connectivity index (χ1v) is 6.94. The van der Waals surface area contributed by atoms with E-state index in [2.05, 4.69) is 9.71 Å². The summed E-state index contributed by atoms with van der Waals surface area (Å²) in [4.78, 5) is 3.53. The summed E-state index contributed by atoms with van der Waals surface area (Å²) in [5, 5.41) is -0.0352. The van der Waals surface area contributed by atoms with Gasteiger partial charge in [0, 0.05) is 6.20 Å². The van der Waals surface area contributed by atoms with E-state index >= 15 is 0 Å². The van der Waals surface area contributed by atoms with E-state index in [9.17, 15) is 12.8 Å². The molecule has 0 aliphatic carbocycles. The van der Waals surface area contributed by atoms with E-state index in [0.29, 0.717) is 0 Å². The van der Waals surface area contributed by atoms with E-state index in [-0.39, 0.29) is 21.4 Å². The Morgan fingerprint density at radius 1 is 1.26 bits per heavy atom. The van der Waals surface area contributed by atoms with E-state index in [1.807, 2.05) is 0 Å². The van der Waals surface area contributed by atoms with Crippen LogP contribution in [0, 0.1) is 5.82 Å². The molecule has 2 rings (SSSR count). The minimum Gasteiger partial charge on any atom is -0.384 e. The van der Waals surface area contributed by atoms with Crippen LogP contribution in [-0.4, -0.2) is 13.4 Å². The highest BCUT2D eigenvalue weighted by atomic mass is 35.5. The summed E-state index contributed by atoms with van der Waals surface area (Å²) in [6.45, 7) is 0. The van der Waals surface area contributed by atoms with Gasteiger partial charge in [-0.15, -0.1) is 0 Å². The van der Waals surface area contributed by atoms with Crippen molar-refractivity contribution in [2.75, 3.05) is 10.5 Å². The second-order valence-electron chi connectivity index (χ2n) is 3.62. The van der Waals surface area contributed by atoms with E-state index in [1.54, 1.807) is 0 Å². The van der Waals surface area contributed by atoms with Crippen LogP contribution in [-0.2, 0) is 10.0 Å². The minimum atomic E-state index is -3.97. The number of nitrogens with zero attached hydrogens (tertiary/aromatic N) is 1. The Hall–Kier alpha value is -1.86. The molecule has 1 aromatic heterocycles. The molecule has 8 heteroatoms.